The minimum absolute atomic E-state index is 0.0501. The van der Waals surface area contributed by atoms with Crippen molar-refractivity contribution < 1.29 is 19.4 Å². The summed E-state index contributed by atoms with van der Waals surface area (Å²) in [5.41, 5.74) is 1.84. The number of aromatic nitrogens is 2. The van der Waals surface area contributed by atoms with Crippen molar-refractivity contribution in [3.8, 4) is 0 Å². The van der Waals surface area contributed by atoms with Crippen molar-refractivity contribution in [2.75, 3.05) is 13.2 Å². The number of ether oxygens (including phenoxy) is 1. The van der Waals surface area contributed by atoms with Gasteiger partial charge in [-0.25, -0.2) is 9.48 Å². The molecule has 0 fully saturated rings. The number of benzene rings is 2. The molecular formula is C23H23N3O5. The molecule has 0 radical (unpaired) electrons. The summed E-state index contributed by atoms with van der Waals surface area (Å²) in [5, 5.41) is 16.8. The number of hydrogen-bond acceptors (Lipinski definition) is 6. The number of esters is 1. The molecule has 3 aromatic rings. The van der Waals surface area contributed by atoms with Gasteiger partial charge in [0.05, 0.1) is 24.6 Å². The number of hydrogen-bond donors (Lipinski definition) is 2. The number of aliphatic hydroxyl groups is 1. The number of aliphatic hydroxyl groups excluding tert-OH is 1. The summed E-state index contributed by atoms with van der Waals surface area (Å²) in [5.74, 6) is -1.20. The third-order valence-corrected chi connectivity index (χ3v) is 5.41. The number of carbonyl (C=O) groups excluding carboxylic acids is 2. The van der Waals surface area contributed by atoms with Gasteiger partial charge < -0.3 is 15.2 Å². The lowest BCUT2D eigenvalue weighted by atomic mass is 9.88. The van der Waals surface area contributed by atoms with Gasteiger partial charge in [-0.05, 0) is 36.5 Å². The highest BCUT2D eigenvalue weighted by Gasteiger charge is 2.23. The van der Waals surface area contributed by atoms with E-state index in [1.54, 1.807) is 24.3 Å². The maximum absolute atomic E-state index is 12.7. The molecule has 0 saturated carbocycles. The number of rotatable bonds is 6. The van der Waals surface area contributed by atoms with Gasteiger partial charge in [0.2, 0.25) is 0 Å². The molecule has 4 rings (SSSR count). The topological polar surface area (TPSA) is 111 Å². The quantitative estimate of drug-likeness (QED) is 0.587. The predicted octanol–water partition coefficient (Wildman–Crippen LogP) is 1.74. The van der Waals surface area contributed by atoms with E-state index in [-0.39, 0.29) is 24.9 Å². The third-order valence-electron chi connectivity index (χ3n) is 5.41. The van der Waals surface area contributed by atoms with Crippen molar-refractivity contribution in [3.63, 3.8) is 0 Å². The molecule has 0 spiro atoms. The molecule has 1 heterocycles. The van der Waals surface area contributed by atoms with E-state index in [9.17, 15) is 19.5 Å². The van der Waals surface area contributed by atoms with Crippen LogP contribution in [0.3, 0.4) is 0 Å². The van der Waals surface area contributed by atoms with Gasteiger partial charge in [-0.1, -0.05) is 42.5 Å². The van der Waals surface area contributed by atoms with Crippen LogP contribution >= 0.6 is 0 Å². The number of aryl methyl sites for hydroxylation is 1. The van der Waals surface area contributed by atoms with Crippen LogP contribution in [0, 0.1) is 0 Å². The van der Waals surface area contributed by atoms with E-state index in [2.05, 4.69) is 16.5 Å². The van der Waals surface area contributed by atoms with E-state index in [4.69, 9.17) is 4.74 Å². The first-order chi connectivity index (χ1) is 15.1. The number of nitrogens with zero attached hydrogens (tertiary/aromatic N) is 2. The van der Waals surface area contributed by atoms with Gasteiger partial charge in [-0.15, -0.1) is 0 Å². The smallest absolute Gasteiger partial charge is 0.359 e. The van der Waals surface area contributed by atoms with Crippen molar-refractivity contribution in [2.45, 2.75) is 31.8 Å². The van der Waals surface area contributed by atoms with Gasteiger partial charge in [-0.2, -0.15) is 5.10 Å². The minimum Gasteiger partial charge on any atom is -0.451 e. The van der Waals surface area contributed by atoms with E-state index in [1.807, 2.05) is 18.2 Å². The minimum atomic E-state index is -0.804. The predicted molar refractivity (Wildman–Crippen MR) is 114 cm³/mol. The summed E-state index contributed by atoms with van der Waals surface area (Å²) in [6.07, 6.45) is 2.79. The molecule has 160 valence electrons. The lowest BCUT2D eigenvalue weighted by Gasteiger charge is -2.26. The molecule has 1 aliphatic carbocycles. The average Bonchev–Trinajstić information content (AvgIpc) is 2.80. The van der Waals surface area contributed by atoms with Gasteiger partial charge in [0.25, 0.3) is 11.5 Å². The molecule has 0 unspecified atom stereocenters. The van der Waals surface area contributed by atoms with Gasteiger partial charge in [0, 0.05) is 5.39 Å². The zero-order valence-electron chi connectivity index (χ0n) is 16.9. The molecule has 2 aromatic carbocycles. The van der Waals surface area contributed by atoms with Gasteiger partial charge in [-0.3, -0.25) is 9.59 Å². The highest BCUT2D eigenvalue weighted by Crippen LogP contribution is 2.29. The Morgan fingerprint density at radius 2 is 1.87 bits per heavy atom. The highest BCUT2D eigenvalue weighted by atomic mass is 16.5. The van der Waals surface area contributed by atoms with E-state index < -0.39 is 24.0 Å². The van der Waals surface area contributed by atoms with Gasteiger partial charge in [0.15, 0.2) is 12.3 Å². The van der Waals surface area contributed by atoms with Crippen LogP contribution in [0.1, 0.15) is 40.5 Å². The number of fused-ring (bicyclic) bond motifs is 2. The van der Waals surface area contributed by atoms with Crippen LogP contribution in [0.15, 0.2) is 53.3 Å². The Hall–Kier alpha value is -3.52. The number of amides is 1. The molecule has 31 heavy (non-hydrogen) atoms. The average molecular weight is 421 g/mol. The first-order valence-electron chi connectivity index (χ1n) is 10.2. The summed E-state index contributed by atoms with van der Waals surface area (Å²) in [6, 6.07) is 14.4. The maximum atomic E-state index is 12.7. The maximum Gasteiger partial charge on any atom is 0.359 e. The Bertz CT molecular complexity index is 1190. The fraction of sp³-hybridized carbons (Fsp3) is 0.304. The van der Waals surface area contributed by atoms with Gasteiger partial charge >= 0.3 is 5.97 Å². The van der Waals surface area contributed by atoms with Crippen molar-refractivity contribution >= 4 is 22.6 Å². The van der Waals surface area contributed by atoms with E-state index >= 15 is 0 Å². The molecule has 0 bridgehead atoms. The summed E-state index contributed by atoms with van der Waals surface area (Å²) in [7, 11) is 0. The fourth-order valence-electron chi connectivity index (χ4n) is 3.97. The second-order valence-corrected chi connectivity index (χ2v) is 7.43. The molecule has 2 N–H and O–H groups in total. The lowest BCUT2D eigenvalue weighted by Crippen LogP contribution is -2.34. The first-order valence-corrected chi connectivity index (χ1v) is 10.2. The van der Waals surface area contributed by atoms with E-state index in [1.165, 1.54) is 5.56 Å². The fourth-order valence-corrected chi connectivity index (χ4v) is 3.97. The third kappa shape index (κ3) is 4.34. The van der Waals surface area contributed by atoms with Crippen molar-refractivity contribution in [1.29, 1.82) is 0 Å². The summed E-state index contributed by atoms with van der Waals surface area (Å²) >= 11 is 0. The van der Waals surface area contributed by atoms with Crippen LogP contribution in [0.4, 0.5) is 0 Å². The normalized spacial score (nSPS) is 15.3. The van der Waals surface area contributed by atoms with Gasteiger partial charge in [0.1, 0.15) is 0 Å². The molecule has 8 heteroatoms. The van der Waals surface area contributed by atoms with Crippen molar-refractivity contribution in [2.24, 2.45) is 0 Å². The second kappa shape index (κ2) is 9.09. The van der Waals surface area contributed by atoms with Crippen LogP contribution in [0.25, 0.3) is 10.8 Å². The van der Waals surface area contributed by atoms with Crippen LogP contribution in [0.2, 0.25) is 0 Å². The standard InChI is InChI=1S/C23H23N3O5/c27-13-12-26-22(29)18-10-4-3-9-17(18)21(25-26)23(30)31-14-20(28)24-19-11-5-7-15-6-1-2-8-16(15)19/h1-4,6,8-10,19,27H,5,7,11-14H2,(H,24,28)/t19-/m1/s1. The van der Waals surface area contributed by atoms with E-state index in [0.717, 1.165) is 29.5 Å². The zero-order chi connectivity index (χ0) is 21.8. The summed E-state index contributed by atoms with van der Waals surface area (Å²) in [6.45, 7) is -0.802. The van der Waals surface area contributed by atoms with Crippen LogP contribution in [0.5, 0.6) is 0 Å². The molecule has 0 saturated heterocycles. The molecule has 1 aliphatic rings. The lowest BCUT2D eigenvalue weighted by molar-refractivity contribution is -0.125. The molecule has 0 aliphatic heterocycles. The molecule has 1 aromatic heterocycles. The molecule has 1 atom stereocenters. The Labute approximate surface area is 178 Å². The van der Waals surface area contributed by atoms with Crippen LogP contribution in [-0.4, -0.2) is 40.0 Å². The summed E-state index contributed by atoms with van der Waals surface area (Å²) in [4.78, 5) is 37.6. The molecule has 1 amide bonds. The van der Waals surface area contributed by atoms with Crippen molar-refractivity contribution in [3.05, 3.63) is 75.7 Å². The van der Waals surface area contributed by atoms with E-state index in [0.29, 0.717) is 10.8 Å². The Balaban J connectivity index is 1.48. The Morgan fingerprint density at radius 3 is 2.68 bits per heavy atom. The number of nitrogens with one attached hydrogen (secondary N) is 1. The zero-order valence-corrected chi connectivity index (χ0v) is 16.9. The van der Waals surface area contributed by atoms with Crippen LogP contribution in [-0.2, 0) is 22.5 Å². The molecule has 8 nitrogen and oxygen atoms in total. The largest absolute Gasteiger partial charge is 0.451 e. The second-order valence-electron chi connectivity index (χ2n) is 7.43. The van der Waals surface area contributed by atoms with Crippen LogP contribution < -0.4 is 10.9 Å². The monoisotopic (exact) mass is 421 g/mol. The first kappa shape index (κ1) is 20.7. The SMILES string of the molecule is O=C(COC(=O)c1nn(CCO)c(=O)c2ccccc12)N[C@@H]1CCCc2ccccc21. The highest BCUT2D eigenvalue weighted by molar-refractivity contribution is 6.02. The summed E-state index contributed by atoms with van der Waals surface area (Å²) < 4.78 is 6.23. The number of carbonyl (C=O) groups is 2. The Morgan fingerprint density at radius 1 is 1.13 bits per heavy atom. The Kier molecular flexibility index (Phi) is 6.08. The van der Waals surface area contributed by atoms with Crippen molar-refractivity contribution in [1.82, 2.24) is 15.1 Å². The molecular weight excluding hydrogens is 398 g/mol.